The van der Waals surface area contributed by atoms with Crippen LogP contribution in [0.5, 0.6) is 0 Å². The molecule has 1 fully saturated rings. The summed E-state index contributed by atoms with van der Waals surface area (Å²) >= 11 is 0. The Labute approximate surface area is 124 Å². The van der Waals surface area contributed by atoms with Crippen LogP contribution >= 0.6 is 0 Å². The molecular formula is C17H21NO3. The lowest BCUT2D eigenvalue weighted by Gasteiger charge is -2.21. The molecule has 1 amide bonds. The molecule has 4 nitrogen and oxygen atoms in total. The Hall–Kier alpha value is -1.84. The van der Waals surface area contributed by atoms with Crippen LogP contribution in [0.25, 0.3) is 0 Å². The molecule has 1 aliphatic carbocycles. The van der Waals surface area contributed by atoms with Gasteiger partial charge in [0.05, 0.1) is 5.41 Å². The molecule has 1 atom stereocenters. The van der Waals surface area contributed by atoms with Crippen molar-refractivity contribution in [2.24, 2.45) is 5.41 Å². The van der Waals surface area contributed by atoms with Crippen LogP contribution in [-0.2, 0) is 17.6 Å². The number of aryl methyl sites for hydroxylation is 2. The van der Waals surface area contributed by atoms with Crippen LogP contribution in [0, 0.1) is 5.41 Å². The number of carboxylic acids is 1. The summed E-state index contributed by atoms with van der Waals surface area (Å²) < 4.78 is 0. The first-order valence-corrected chi connectivity index (χ1v) is 7.64. The number of benzene rings is 1. The van der Waals surface area contributed by atoms with Crippen molar-refractivity contribution in [3.8, 4) is 0 Å². The molecule has 1 aromatic carbocycles. The number of carbonyl (C=O) groups excluding carboxylic acids is 1. The van der Waals surface area contributed by atoms with E-state index in [4.69, 9.17) is 0 Å². The molecule has 0 unspecified atom stereocenters. The van der Waals surface area contributed by atoms with Crippen molar-refractivity contribution in [2.75, 3.05) is 13.1 Å². The number of likely N-dealkylation sites (tertiary alicyclic amines) is 1. The molecular weight excluding hydrogens is 266 g/mol. The third-order valence-corrected chi connectivity index (χ3v) is 4.87. The molecule has 0 aromatic heterocycles. The number of rotatable bonds is 2. The van der Waals surface area contributed by atoms with Gasteiger partial charge in [0.25, 0.3) is 5.91 Å². The molecule has 0 spiro atoms. The predicted octanol–water partition coefficient (Wildman–Crippen LogP) is 2.50. The molecule has 1 aliphatic heterocycles. The van der Waals surface area contributed by atoms with Crippen LogP contribution in [0.4, 0.5) is 0 Å². The van der Waals surface area contributed by atoms with Gasteiger partial charge in [0.15, 0.2) is 0 Å². The van der Waals surface area contributed by atoms with Gasteiger partial charge in [-0.15, -0.1) is 0 Å². The molecule has 21 heavy (non-hydrogen) atoms. The highest BCUT2D eigenvalue weighted by Gasteiger charge is 2.42. The zero-order chi connectivity index (χ0) is 15.0. The highest BCUT2D eigenvalue weighted by Crippen LogP contribution is 2.31. The van der Waals surface area contributed by atoms with E-state index in [-0.39, 0.29) is 5.91 Å². The van der Waals surface area contributed by atoms with Crippen molar-refractivity contribution in [1.82, 2.24) is 4.90 Å². The lowest BCUT2D eigenvalue weighted by Crippen LogP contribution is -2.34. The number of nitrogens with zero attached hydrogens (tertiary/aromatic N) is 1. The first-order valence-electron chi connectivity index (χ1n) is 7.64. The van der Waals surface area contributed by atoms with Gasteiger partial charge in [0.2, 0.25) is 0 Å². The van der Waals surface area contributed by atoms with E-state index in [1.165, 1.54) is 24.0 Å². The van der Waals surface area contributed by atoms with Crippen LogP contribution in [0.15, 0.2) is 18.2 Å². The highest BCUT2D eigenvalue weighted by molar-refractivity contribution is 5.95. The fourth-order valence-corrected chi connectivity index (χ4v) is 3.36. The summed E-state index contributed by atoms with van der Waals surface area (Å²) in [5.74, 6) is -0.850. The molecule has 2 aliphatic rings. The van der Waals surface area contributed by atoms with Gasteiger partial charge in [-0.3, -0.25) is 9.59 Å². The van der Waals surface area contributed by atoms with E-state index in [1.54, 1.807) is 11.8 Å². The molecule has 3 rings (SSSR count). The summed E-state index contributed by atoms with van der Waals surface area (Å²) in [4.78, 5) is 25.5. The van der Waals surface area contributed by atoms with Gasteiger partial charge in [-0.05, 0) is 62.3 Å². The number of carbonyl (C=O) groups is 2. The zero-order valence-corrected chi connectivity index (χ0v) is 12.4. The Morgan fingerprint density at radius 3 is 2.57 bits per heavy atom. The highest BCUT2D eigenvalue weighted by atomic mass is 16.4. The maximum absolute atomic E-state index is 12.6. The third-order valence-electron chi connectivity index (χ3n) is 4.87. The maximum atomic E-state index is 12.6. The first-order chi connectivity index (χ1) is 9.99. The molecule has 1 heterocycles. The van der Waals surface area contributed by atoms with Gasteiger partial charge in [0, 0.05) is 18.7 Å². The van der Waals surface area contributed by atoms with Crippen molar-refractivity contribution in [2.45, 2.75) is 39.0 Å². The second kappa shape index (κ2) is 5.17. The SMILES string of the molecule is C[C@@]1(C(=O)O)CCN(C(=O)c2ccc3c(c2)CCCC3)C1. The van der Waals surface area contributed by atoms with Crippen molar-refractivity contribution in [1.29, 1.82) is 0 Å². The Morgan fingerprint density at radius 2 is 1.90 bits per heavy atom. The van der Waals surface area contributed by atoms with Crippen LogP contribution < -0.4 is 0 Å². The van der Waals surface area contributed by atoms with Gasteiger partial charge in [-0.25, -0.2) is 0 Å². The van der Waals surface area contributed by atoms with E-state index in [0.29, 0.717) is 25.1 Å². The summed E-state index contributed by atoms with van der Waals surface area (Å²) in [7, 11) is 0. The largest absolute Gasteiger partial charge is 0.481 e. The third kappa shape index (κ3) is 2.55. The first kappa shape index (κ1) is 14.1. The second-order valence-electron chi connectivity index (χ2n) is 6.53. The minimum atomic E-state index is -0.816. The number of aliphatic carboxylic acids is 1. The molecule has 1 aromatic rings. The fraction of sp³-hybridized carbons (Fsp3) is 0.529. The molecule has 112 valence electrons. The summed E-state index contributed by atoms with van der Waals surface area (Å²) in [6, 6.07) is 5.96. The number of hydrogen-bond donors (Lipinski definition) is 1. The predicted molar refractivity (Wildman–Crippen MR) is 79.3 cm³/mol. The molecule has 1 saturated heterocycles. The molecule has 0 saturated carbocycles. The zero-order valence-electron chi connectivity index (χ0n) is 12.4. The van der Waals surface area contributed by atoms with Gasteiger partial charge in [-0.2, -0.15) is 0 Å². The van der Waals surface area contributed by atoms with E-state index in [9.17, 15) is 14.7 Å². The van der Waals surface area contributed by atoms with Crippen molar-refractivity contribution >= 4 is 11.9 Å². The summed E-state index contributed by atoms with van der Waals surface area (Å²) in [6.07, 6.45) is 5.09. The van der Waals surface area contributed by atoms with Crippen LogP contribution in [0.2, 0.25) is 0 Å². The average molecular weight is 287 g/mol. The quantitative estimate of drug-likeness (QED) is 0.909. The molecule has 0 bridgehead atoms. The van der Waals surface area contributed by atoms with Gasteiger partial charge >= 0.3 is 5.97 Å². The Bertz CT molecular complexity index is 596. The monoisotopic (exact) mass is 287 g/mol. The van der Waals surface area contributed by atoms with E-state index in [1.807, 2.05) is 12.1 Å². The Morgan fingerprint density at radius 1 is 1.19 bits per heavy atom. The average Bonchev–Trinajstić information content (AvgIpc) is 2.90. The summed E-state index contributed by atoms with van der Waals surface area (Å²) in [5.41, 5.74) is 2.54. The number of hydrogen-bond acceptors (Lipinski definition) is 2. The van der Waals surface area contributed by atoms with E-state index >= 15 is 0 Å². The summed E-state index contributed by atoms with van der Waals surface area (Å²) in [6.45, 7) is 2.55. The Kier molecular flexibility index (Phi) is 3.47. The van der Waals surface area contributed by atoms with Crippen molar-refractivity contribution in [3.05, 3.63) is 34.9 Å². The van der Waals surface area contributed by atoms with E-state index in [2.05, 4.69) is 6.07 Å². The molecule has 4 heteroatoms. The minimum Gasteiger partial charge on any atom is -0.481 e. The topological polar surface area (TPSA) is 57.6 Å². The van der Waals surface area contributed by atoms with Crippen molar-refractivity contribution < 1.29 is 14.7 Å². The summed E-state index contributed by atoms with van der Waals surface area (Å²) in [5, 5.41) is 9.26. The van der Waals surface area contributed by atoms with Gasteiger partial charge in [-0.1, -0.05) is 6.07 Å². The lowest BCUT2D eigenvalue weighted by molar-refractivity contribution is -0.147. The number of fused-ring (bicyclic) bond motifs is 1. The lowest BCUT2D eigenvalue weighted by atomic mass is 9.90. The normalized spacial score (nSPS) is 24.7. The smallest absolute Gasteiger partial charge is 0.311 e. The molecule has 0 radical (unpaired) electrons. The Balaban J connectivity index is 1.79. The number of amides is 1. The molecule has 1 N–H and O–H groups in total. The van der Waals surface area contributed by atoms with Crippen LogP contribution in [0.1, 0.15) is 47.7 Å². The van der Waals surface area contributed by atoms with Gasteiger partial charge < -0.3 is 10.0 Å². The maximum Gasteiger partial charge on any atom is 0.311 e. The second-order valence-corrected chi connectivity index (χ2v) is 6.53. The van der Waals surface area contributed by atoms with Crippen LogP contribution in [-0.4, -0.2) is 35.0 Å². The fourth-order valence-electron chi connectivity index (χ4n) is 3.36. The minimum absolute atomic E-state index is 0.0339. The number of carboxylic acid groups (broad SMARTS) is 1. The van der Waals surface area contributed by atoms with Crippen molar-refractivity contribution in [3.63, 3.8) is 0 Å². The van der Waals surface area contributed by atoms with E-state index in [0.717, 1.165) is 12.8 Å². The van der Waals surface area contributed by atoms with Crippen LogP contribution in [0.3, 0.4) is 0 Å². The standard InChI is InChI=1S/C17H21NO3/c1-17(16(20)21)8-9-18(11-17)15(19)14-7-6-12-4-2-3-5-13(12)10-14/h6-7,10H,2-5,8-9,11H2,1H3,(H,20,21)/t17-/m1/s1. The van der Waals surface area contributed by atoms with Gasteiger partial charge in [0.1, 0.15) is 0 Å². The van der Waals surface area contributed by atoms with E-state index < -0.39 is 11.4 Å².